The Morgan fingerprint density at radius 1 is 1.21 bits per heavy atom. The van der Waals surface area contributed by atoms with Gasteiger partial charge in [-0.2, -0.15) is 0 Å². The molecule has 5 nitrogen and oxygen atoms in total. The predicted octanol–water partition coefficient (Wildman–Crippen LogP) is 1.58. The first-order valence-corrected chi connectivity index (χ1v) is 8.18. The summed E-state index contributed by atoms with van der Waals surface area (Å²) in [5.74, 6) is 0.142. The van der Waals surface area contributed by atoms with Crippen molar-refractivity contribution in [3.05, 3.63) is 35.4 Å². The second-order valence-electron chi connectivity index (χ2n) is 6.45. The lowest BCUT2D eigenvalue weighted by molar-refractivity contribution is 0.0609. The van der Waals surface area contributed by atoms with Crippen LogP contribution in [0.4, 0.5) is 0 Å². The first-order chi connectivity index (χ1) is 10.7. The molecule has 136 valence electrons. The number of amides is 1. The maximum Gasteiger partial charge on any atom is 0.253 e. The Labute approximate surface area is 156 Å². The van der Waals surface area contributed by atoms with Gasteiger partial charge in [0.15, 0.2) is 0 Å². The highest BCUT2D eigenvalue weighted by molar-refractivity contribution is 5.94. The van der Waals surface area contributed by atoms with Crippen molar-refractivity contribution in [2.75, 3.05) is 32.7 Å². The summed E-state index contributed by atoms with van der Waals surface area (Å²) in [5.41, 5.74) is 1.28. The molecule has 2 saturated heterocycles. The highest BCUT2D eigenvalue weighted by atomic mass is 35.5. The van der Waals surface area contributed by atoms with Crippen LogP contribution in [0.2, 0.25) is 0 Å². The fourth-order valence-corrected chi connectivity index (χ4v) is 3.19. The molecule has 3 rings (SSSR count). The van der Waals surface area contributed by atoms with Crippen LogP contribution in [0, 0.1) is 0 Å². The van der Waals surface area contributed by atoms with E-state index in [2.05, 4.69) is 10.6 Å². The van der Waals surface area contributed by atoms with Crippen molar-refractivity contribution >= 4 is 30.7 Å². The molecule has 0 aromatic heterocycles. The van der Waals surface area contributed by atoms with Crippen LogP contribution in [0.25, 0.3) is 0 Å². The van der Waals surface area contributed by atoms with Crippen molar-refractivity contribution < 1.29 is 9.90 Å². The molecule has 1 aromatic rings. The van der Waals surface area contributed by atoms with Gasteiger partial charge in [0.25, 0.3) is 5.91 Å². The van der Waals surface area contributed by atoms with Crippen LogP contribution in [0.5, 0.6) is 0 Å². The van der Waals surface area contributed by atoms with Crippen molar-refractivity contribution in [1.82, 2.24) is 15.5 Å². The first-order valence-electron chi connectivity index (χ1n) is 8.18. The van der Waals surface area contributed by atoms with Gasteiger partial charge in [0, 0.05) is 38.3 Å². The molecule has 2 aliphatic heterocycles. The van der Waals surface area contributed by atoms with Gasteiger partial charge in [0.1, 0.15) is 0 Å². The molecule has 1 amide bonds. The highest BCUT2D eigenvalue weighted by Gasteiger charge is 2.30. The zero-order valence-electron chi connectivity index (χ0n) is 13.8. The number of hydrogen-bond donors (Lipinski definition) is 3. The van der Waals surface area contributed by atoms with Crippen molar-refractivity contribution in [1.29, 1.82) is 0 Å². The van der Waals surface area contributed by atoms with E-state index in [1.165, 1.54) is 0 Å². The van der Waals surface area contributed by atoms with E-state index in [1.54, 1.807) is 0 Å². The van der Waals surface area contributed by atoms with E-state index < -0.39 is 5.60 Å². The second kappa shape index (κ2) is 9.59. The number of β-amino-alcohol motifs (C(OH)–C–C–N with tert-alkyl or cyclic N) is 1. The van der Waals surface area contributed by atoms with Crippen LogP contribution in [-0.4, -0.2) is 54.2 Å². The average molecular weight is 376 g/mol. The zero-order chi connectivity index (χ0) is 15.4. The van der Waals surface area contributed by atoms with Crippen LogP contribution >= 0.6 is 24.8 Å². The maximum absolute atomic E-state index is 12.3. The minimum absolute atomic E-state index is 0. The monoisotopic (exact) mass is 375 g/mol. The number of benzene rings is 1. The molecule has 1 atom stereocenters. The minimum Gasteiger partial charge on any atom is -0.387 e. The summed E-state index contributed by atoms with van der Waals surface area (Å²) in [7, 11) is 0. The number of nitrogens with zero attached hydrogens (tertiary/aromatic N) is 1. The standard InChI is InChI=1S/C17H25N3O2.2ClH/c21-16(20-9-1-2-10-20)15-5-3-14(4-6-15)11-19-13-17(22)7-8-18-12-17;;/h3-6,18-19,22H,1-2,7-13H2;2*1H. The number of hydrogen-bond acceptors (Lipinski definition) is 4. The lowest BCUT2D eigenvalue weighted by Crippen LogP contribution is -2.42. The molecule has 2 aliphatic rings. The number of rotatable bonds is 5. The van der Waals surface area contributed by atoms with Crippen LogP contribution < -0.4 is 10.6 Å². The number of aliphatic hydroxyl groups is 1. The van der Waals surface area contributed by atoms with E-state index in [-0.39, 0.29) is 30.7 Å². The van der Waals surface area contributed by atoms with Gasteiger partial charge in [-0.25, -0.2) is 0 Å². The lowest BCUT2D eigenvalue weighted by atomic mass is 10.0. The molecule has 24 heavy (non-hydrogen) atoms. The van der Waals surface area contributed by atoms with E-state index in [9.17, 15) is 9.90 Å². The van der Waals surface area contributed by atoms with Crippen LogP contribution in [0.3, 0.4) is 0 Å². The third-order valence-electron chi connectivity index (χ3n) is 4.60. The van der Waals surface area contributed by atoms with E-state index in [0.29, 0.717) is 19.6 Å². The molecule has 0 radical (unpaired) electrons. The Morgan fingerprint density at radius 2 is 1.88 bits per heavy atom. The summed E-state index contributed by atoms with van der Waals surface area (Å²) in [6.45, 7) is 4.60. The predicted molar refractivity (Wildman–Crippen MR) is 100 cm³/mol. The summed E-state index contributed by atoms with van der Waals surface area (Å²) in [6, 6.07) is 7.80. The summed E-state index contributed by atoms with van der Waals surface area (Å²) < 4.78 is 0. The lowest BCUT2D eigenvalue weighted by Gasteiger charge is -2.21. The van der Waals surface area contributed by atoms with Crippen LogP contribution in [-0.2, 0) is 6.54 Å². The van der Waals surface area contributed by atoms with Crippen LogP contribution in [0.15, 0.2) is 24.3 Å². The molecule has 7 heteroatoms. The number of carbonyl (C=O) groups excluding carboxylic acids is 1. The molecule has 0 bridgehead atoms. The largest absolute Gasteiger partial charge is 0.387 e. The summed E-state index contributed by atoms with van der Waals surface area (Å²) in [6.07, 6.45) is 3.03. The number of carbonyl (C=O) groups is 1. The van der Waals surface area contributed by atoms with Gasteiger partial charge in [0.2, 0.25) is 0 Å². The molecule has 2 fully saturated rings. The van der Waals surface area contributed by atoms with Crippen molar-refractivity contribution in [3.8, 4) is 0 Å². The smallest absolute Gasteiger partial charge is 0.253 e. The van der Waals surface area contributed by atoms with Gasteiger partial charge in [0.05, 0.1) is 5.60 Å². The molecular formula is C17H27Cl2N3O2. The van der Waals surface area contributed by atoms with Gasteiger partial charge >= 0.3 is 0 Å². The number of likely N-dealkylation sites (tertiary alicyclic amines) is 1. The summed E-state index contributed by atoms with van der Waals surface area (Å²) in [5, 5.41) is 16.7. The minimum atomic E-state index is -0.619. The normalized spacial score (nSPS) is 22.8. The van der Waals surface area contributed by atoms with Crippen LogP contribution in [0.1, 0.15) is 35.2 Å². The first kappa shape index (κ1) is 21.2. The number of halogens is 2. The Kier molecular flexibility index (Phi) is 8.46. The molecule has 1 aromatic carbocycles. The highest BCUT2D eigenvalue weighted by Crippen LogP contribution is 2.15. The van der Waals surface area contributed by atoms with Gasteiger partial charge in [-0.1, -0.05) is 12.1 Å². The topological polar surface area (TPSA) is 64.6 Å². The molecule has 0 aliphatic carbocycles. The zero-order valence-corrected chi connectivity index (χ0v) is 15.4. The Bertz CT molecular complexity index is 513. The molecule has 0 spiro atoms. The average Bonchev–Trinajstić information content (AvgIpc) is 3.19. The Hall–Kier alpha value is -0.850. The summed E-state index contributed by atoms with van der Waals surface area (Å²) in [4.78, 5) is 14.2. The SMILES string of the molecule is Cl.Cl.O=C(c1ccc(CNCC2(O)CCNC2)cc1)N1CCCC1. The molecule has 0 saturated carbocycles. The molecule has 3 N–H and O–H groups in total. The Morgan fingerprint density at radius 3 is 2.46 bits per heavy atom. The van der Waals surface area contributed by atoms with Crippen molar-refractivity contribution in [3.63, 3.8) is 0 Å². The summed E-state index contributed by atoms with van der Waals surface area (Å²) >= 11 is 0. The quantitative estimate of drug-likeness (QED) is 0.730. The number of nitrogens with one attached hydrogen (secondary N) is 2. The third-order valence-corrected chi connectivity index (χ3v) is 4.60. The molecule has 2 heterocycles. The van der Waals surface area contributed by atoms with E-state index in [1.807, 2.05) is 29.2 Å². The third kappa shape index (κ3) is 5.33. The van der Waals surface area contributed by atoms with Gasteiger partial charge in [-0.05, 0) is 43.5 Å². The second-order valence-corrected chi connectivity index (χ2v) is 6.45. The van der Waals surface area contributed by atoms with Gasteiger partial charge in [-0.3, -0.25) is 4.79 Å². The maximum atomic E-state index is 12.3. The van der Waals surface area contributed by atoms with Crippen molar-refractivity contribution in [2.45, 2.75) is 31.4 Å². The van der Waals surface area contributed by atoms with E-state index in [0.717, 1.165) is 50.0 Å². The molecule has 1 unspecified atom stereocenters. The van der Waals surface area contributed by atoms with Crippen molar-refractivity contribution in [2.24, 2.45) is 0 Å². The van der Waals surface area contributed by atoms with E-state index in [4.69, 9.17) is 0 Å². The molecular weight excluding hydrogens is 349 g/mol. The van der Waals surface area contributed by atoms with Gasteiger partial charge < -0.3 is 20.6 Å². The fourth-order valence-electron chi connectivity index (χ4n) is 3.19. The fraction of sp³-hybridized carbons (Fsp3) is 0.588. The van der Waals surface area contributed by atoms with E-state index >= 15 is 0 Å². The van der Waals surface area contributed by atoms with Gasteiger partial charge in [-0.15, -0.1) is 24.8 Å². The Balaban J connectivity index is 0.00000144.